The monoisotopic (exact) mass is 509 g/mol. The summed E-state index contributed by atoms with van der Waals surface area (Å²) in [6.07, 6.45) is 6.58. The van der Waals surface area contributed by atoms with E-state index in [1.165, 1.54) is 0 Å². The van der Waals surface area contributed by atoms with Gasteiger partial charge in [0.15, 0.2) is 11.7 Å². The molecular formula is C23H24BrN7O2. The van der Waals surface area contributed by atoms with Crippen LogP contribution in [0.1, 0.15) is 31.7 Å². The molecule has 5 rings (SSSR count). The number of aliphatic hydroxyl groups is 1. The van der Waals surface area contributed by atoms with Gasteiger partial charge in [-0.05, 0) is 62.0 Å². The highest BCUT2D eigenvalue weighted by atomic mass is 79.9. The number of nitrogens with zero attached hydrogens (tertiary/aromatic N) is 5. The first-order valence-electron chi connectivity index (χ1n) is 10.9. The topological polar surface area (TPSA) is 115 Å². The number of aromatic amines is 1. The highest BCUT2D eigenvalue weighted by Gasteiger charge is 2.32. The lowest BCUT2D eigenvalue weighted by atomic mass is 9.97. The van der Waals surface area contributed by atoms with Crippen LogP contribution in [0.5, 0.6) is 0 Å². The number of aromatic nitrogens is 4. The summed E-state index contributed by atoms with van der Waals surface area (Å²) in [4.78, 5) is 2.16. The Labute approximate surface area is 199 Å². The summed E-state index contributed by atoms with van der Waals surface area (Å²) in [5.41, 5.74) is 9.30. The van der Waals surface area contributed by atoms with E-state index in [0.29, 0.717) is 18.2 Å². The Morgan fingerprint density at radius 1 is 1.15 bits per heavy atom. The lowest BCUT2D eigenvalue weighted by Crippen LogP contribution is -2.40. The van der Waals surface area contributed by atoms with Crippen molar-refractivity contribution in [2.45, 2.75) is 38.9 Å². The zero-order valence-corrected chi connectivity index (χ0v) is 19.7. The Bertz CT molecular complexity index is 1240. The fourth-order valence-corrected chi connectivity index (χ4v) is 5.17. The van der Waals surface area contributed by atoms with E-state index >= 15 is 0 Å². The van der Waals surface area contributed by atoms with E-state index in [-0.39, 0.29) is 12.8 Å². The third kappa shape index (κ3) is 3.89. The molecule has 1 aromatic heterocycles. The second-order valence-corrected chi connectivity index (χ2v) is 8.74. The fourth-order valence-electron chi connectivity index (χ4n) is 4.41. The maximum absolute atomic E-state index is 9.97. The largest absolute Gasteiger partial charge is 0.472 e. The molecule has 0 radical (unpaired) electrons. The van der Waals surface area contributed by atoms with E-state index in [1.807, 2.05) is 24.3 Å². The van der Waals surface area contributed by atoms with Crippen LogP contribution in [0.3, 0.4) is 0 Å². The molecule has 0 saturated heterocycles. The molecule has 1 aromatic carbocycles. The van der Waals surface area contributed by atoms with Crippen molar-refractivity contribution in [1.82, 2.24) is 30.9 Å². The van der Waals surface area contributed by atoms with Crippen LogP contribution in [0.2, 0.25) is 0 Å². The van der Waals surface area contributed by atoms with Crippen LogP contribution in [0, 0.1) is 0 Å². The average Bonchev–Trinajstić information content (AvgIpc) is 3.58. The zero-order valence-electron chi connectivity index (χ0n) is 18.1. The summed E-state index contributed by atoms with van der Waals surface area (Å²) in [5.74, 6) is 1.24. The number of rotatable bonds is 8. The lowest BCUT2D eigenvalue weighted by molar-refractivity contribution is 0.254. The normalized spacial score (nSPS) is 15.8. The van der Waals surface area contributed by atoms with E-state index in [0.717, 1.165) is 57.1 Å². The van der Waals surface area contributed by atoms with Crippen molar-refractivity contribution in [2.75, 3.05) is 6.61 Å². The van der Waals surface area contributed by atoms with Gasteiger partial charge in [-0.1, -0.05) is 37.6 Å². The molecule has 1 atom stereocenters. The molecule has 9 nitrogen and oxygen atoms in total. The summed E-state index contributed by atoms with van der Waals surface area (Å²) in [7, 11) is 0. The van der Waals surface area contributed by atoms with Crippen molar-refractivity contribution in [3.8, 4) is 33.6 Å². The number of amidine groups is 1. The number of fused-ring (bicyclic) bond motifs is 1. The third-order valence-corrected chi connectivity index (χ3v) is 6.84. The zero-order chi connectivity index (χ0) is 22.8. The smallest absolute Gasteiger partial charge is 0.180 e. The Hall–Kier alpha value is -3.24. The van der Waals surface area contributed by atoms with Crippen LogP contribution in [-0.4, -0.2) is 49.2 Å². The number of unbranched alkanes of at least 4 members (excludes halogenated alkanes) is 1. The van der Waals surface area contributed by atoms with Crippen molar-refractivity contribution in [3.63, 3.8) is 0 Å². The summed E-state index contributed by atoms with van der Waals surface area (Å²) in [6, 6.07) is 10.0. The van der Waals surface area contributed by atoms with Gasteiger partial charge in [0, 0.05) is 27.7 Å². The quantitative estimate of drug-likeness (QED) is 0.325. The molecule has 2 aromatic rings. The van der Waals surface area contributed by atoms with Crippen molar-refractivity contribution >= 4 is 21.8 Å². The average molecular weight is 510 g/mol. The van der Waals surface area contributed by atoms with Crippen LogP contribution in [0.4, 0.5) is 0 Å². The number of hydrogen-bond donors (Lipinski definition) is 3. The number of H-pyrrole nitrogens is 1. The Kier molecular flexibility index (Phi) is 6.10. The predicted molar refractivity (Wildman–Crippen MR) is 128 cm³/mol. The van der Waals surface area contributed by atoms with Gasteiger partial charge in [0.25, 0.3) is 0 Å². The van der Waals surface area contributed by atoms with Gasteiger partial charge in [-0.25, -0.2) is 5.10 Å². The van der Waals surface area contributed by atoms with Gasteiger partial charge in [-0.2, -0.15) is 5.10 Å². The summed E-state index contributed by atoms with van der Waals surface area (Å²) in [6.45, 7) is 2.62. The number of hydrogen-bond acceptors (Lipinski definition) is 8. The SMILES string of the molecule is CCCCC1NN=C(CO)N1Cc1c2ccocc-2c(Br)c1-c1ccccc1-c1nnn[nH]1. The van der Waals surface area contributed by atoms with E-state index in [2.05, 4.69) is 65.0 Å². The molecule has 3 N–H and O–H groups in total. The van der Waals surface area contributed by atoms with Crippen LogP contribution >= 0.6 is 15.9 Å². The number of aliphatic hydroxyl groups excluding tert-OH is 1. The first-order valence-corrected chi connectivity index (χ1v) is 11.7. The predicted octanol–water partition coefficient (Wildman–Crippen LogP) is 4.22. The minimum atomic E-state index is -0.125. The molecule has 33 heavy (non-hydrogen) atoms. The second-order valence-electron chi connectivity index (χ2n) is 7.95. The number of nitrogens with one attached hydrogen (secondary N) is 2. The van der Waals surface area contributed by atoms with E-state index in [4.69, 9.17) is 4.42 Å². The fraction of sp³-hybridized carbons (Fsp3) is 0.304. The van der Waals surface area contributed by atoms with Crippen molar-refractivity contribution in [2.24, 2.45) is 5.10 Å². The maximum atomic E-state index is 9.97. The molecular weight excluding hydrogens is 486 g/mol. The minimum Gasteiger partial charge on any atom is -0.472 e. The second kappa shape index (κ2) is 9.32. The molecule has 0 bridgehead atoms. The number of tetrazole rings is 1. The van der Waals surface area contributed by atoms with Crippen LogP contribution in [0.15, 0.2) is 56.8 Å². The number of hydrazone groups is 1. The molecule has 1 unspecified atom stereocenters. The third-order valence-electron chi connectivity index (χ3n) is 6.02. The van der Waals surface area contributed by atoms with Crippen molar-refractivity contribution in [3.05, 3.63) is 52.9 Å². The molecule has 0 fully saturated rings. The van der Waals surface area contributed by atoms with Gasteiger partial charge in [0.1, 0.15) is 12.8 Å². The summed E-state index contributed by atoms with van der Waals surface area (Å²) < 4.78 is 6.45. The number of benzene rings is 1. The number of halogens is 1. The molecule has 2 aliphatic heterocycles. The van der Waals surface area contributed by atoms with E-state index in [9.17, 15) is 5.11 Å². The molecule has 0 saturated carbocycles. The highest BCUT2D eigenvalue weighted by Crippen LogP contribution is 2.48. The molecule has 170 valence electrons. The van der Waals surface area contributed by atoms with Crippen molar-refractivity contribution in [1.29, 1.82) is 0 Å². The highest BCUT2D eigenvalue weighted by molar-refractivity contribution is 9.10. The Balaban J connectivity index is 1.66. The van der Waals surface area contributed by atoms with Crippen molar-refractivity contribution < 1.29 is 9.52 Å². The van der Waals surface area contributed by atoms with Gasteiger partial charge in [0.05, 0.1) is 12.5 Å². The van der Waals surface area contributed by atoms with E-state index in [1.54, 1.807) is 12.5 Å². The summed E-state index contributed by atoms with van der Waals surface area (Å²) in [5, 5.41) is 28.9. The summed E-state index contributed by atoms with van der Waals surface area (Å²) >= 11 is 3.84. The first-order chi connectivity index (χ1) is 16.2. The molecule has 3 aliphatic rings. The van der Waals surface area contributed by atoms with E-state index < -0.39 is 0 Å². The van der Waals surface area contributed by atoms with Crippen LogP contribution in [-0.2, 0) is 6.54 Å². The minimum absolute atomic E-state index is 0.0331. The molecule has 0 amide bonds. The Morgan fingerprint density at radius 3 is 2.76 bits per heavy atom. The molecule has 3 heterocycles. The molecule has 10 heteroatoms. The van der Waals surface area contributed by atoms with Gasteiger partial charge in [-0.3, -0.25) is 5.43 Å². The maximum Gasteiger partial charge on any atom is 0.180 e. The lowest BCUT2D eigenvalue weighted by Gasteiger charge is -2.27. The molecule has 0 spiro atoms. The standard InChI is InChI=1S/C23H24BrN7O2/c1-2-3-8-19-25-26-20(12-32)31(19)11-17-14-9-10-33-13-18(14)22(24)21(17)15-6-4-5-7-16(15)23-27-29-30-28-23/h4-7,9-10,13,19,25,32H,2-3,8,11-12H2,1H3,(H,27,28,29,30). The van der Waals surface area contributed by atoms with Gasteiger partial charge < -0.3 is 14.4 Å². The Morgan fingerprint density at radius 2 is 2.00 bits per heavy atom. The van der Waals surface area contributed by atoms with Crippen LogP contribution in [0.25, 0.3) is 33.6 Å². The molecule has 1 aliphatic carbocycles. The van der Waals surface area contributed by atoms with Gasteiger partial charge in [-0.15, -0.1) is 5.10 Å². The van der Waals surface area contributed by atoms with Gasteiger partial charge >= 0.3 is 0 Å². The van der Waals surface area contributed by atoms with Crippen LogP contribution < -0.4 is 5.43 Å². The van der Waals surface area contributed by atoms with Gasteiger partial charge in [0.2, 0.25) is 0 Å². The first kappa shape index (κ1) is 21.6.